The topological polar surface area (TPSA) is 52.8 Å². The van der Waals surface area contributed by atoms with Crippen LogP contribution in [0.2, 0.25) is 0 Å². The molecule has 0 bridgehead atoms. The van der Waals surface area contributed by atoms with Crippen molar-refractivity contribution in [2.45, 2.75) is 6.42 Å². The van der Waals surface area contributed by atoms with Crippen molar-refractivity contribution in [3.63, 3.8) is 0 Å². The predicted octanol–water partition coefficient (Wildman–Crippen LogP) is 2.04. The van der Waals surface area contributed by atoms with E-state index in [9.17, 15) is 0 Å². The summed E-state index contributed by atoms with van der Waals surface area (Å²) in [6.45, 7) is 0.917. The van der Waals surface area contributed by atoms with Crippen LogP contribution in [-0.4, -0.2) is 16.5 Å². The Morgan fingerprint density at radius 3 is 2.82 bits per heavy atom. The van der Waals surface area contributed by atoms with Crippen molar-refractivity contribution in [2.24, 2.45) is 0 Å². The Labute approximate surface area is 99.2 Å². The highest BCUT2D eigenvalue weighted by Gasteiger charge is 2.21. The monoisotopic (exact) mass is 222 g/mol. The second-order valence-electron chi connectivity index (χ2n) is 3.93. The summed E-state index contributed by atoms with van der Waals surface area (Å²) in [5.41, 5.74) is 2.93. The van der Waals surface area contributed by atoms with E-state index in [0.29, 0.717) is 5.56 Å². The van der Waals surface area contributed by atoms with Crippen molar-refractivity contribution in [1.82, 2.24) is 9.97 Å². The van der Waals surface area contributed by atoms with Gasteiger partial charge in [0.1, 0.15) is 12.1 Å². The van der Waals surface area contributed by atoms with E-state index in [0.717, 1.165) is 24.5 Å². The molecule has 2 heterocycles. The highest BCUT2D eigenvalue weighted by molar-refractivity contribution is 5.66. The SMILES string of the molecule is N#Cc1ccc(N2CCc3cncnc32)cc1. The molecule has 4 nitrogen and oxygen atoms in total. The molecule has 0 fully saturated rings. The van der Waals surface area contributed by atoms with Crippen LogP contribution in [0, 0.1) is 11.3 Å². The highest BCUT2D eigenvalue weighted by Crippen LogP contribution is 2.31. The van der Waals surface area contributed by atoms with Gasteiger partial charge in [-0.25, -0.2) is 9.97 Å². The molecule has 0 saturated heterocycles. The normalized spacial score (nSPS) is 13.2. The summed E-state index contributed by atoms with van der Waals surface area (Å²) in [5, 5.41) is 8.77. The van der Waals surface area contributed by atoms with Crippen molar-refractivity contribution >= 4 is 11.5 Å². The van der Waals surface area contributed by atoms with Gasteiger partial charge >= 0.3 is 0 Å². The first-order valence-corrected chi connectivity index (χ1v) is 5.45. The molecule has 0 radical (unpaired) electrons. The fraction of sp³-hybridized carbons (Fsp3) is 0.154. The second kappa shape index (κ2) is 3.87. The van der Waals surface area contributed by atoms with Crippen LogP contribution in [0.15, 0.2) is 36.8 Å². The van der Waals surface area contributed by atoms with Crippen molar-refractivity contribution in [2.75, 3.05) is 11.4 Å². The zero-order chi connectivity index (χ0) is 11.7. The molecule has 3 rings (SSSR count). The van der Waals surface area contributed by atoms with Crippen LogP contribution in [0.5, 0.6) is 0 Å². The van der Waals surface area contributed by atoms with Gasteiger partial charge in [0, 0.05) is 24.0 Å². The van der Waals surface area contributed by atoms with Crippen molar-refractivity contribution in [3.8, 4) is 6.07 Å². The maximum atomic E-state index is 8.77. The van der Waals surface area contributed by atoms with E-state index in [-0.39, 0.29) is 0 Å². The number of aromatic nitrogens is 2. The third-order valence-electron chi connectivity index (χ3n) is 2.93. The van der Waals surface area contributed by atoms with Gasteiger partial charge in [0.25, 0.3) is 0 Å². The van der Waals surface area contributed by atoms with Gasteiger partial charge in [0.15, 0.2) is 0 Å². The third-order valence-corrected chi connectivity index (χ3v) is 2.93. The van der Waals surface area contributed by atoms with Gasteiger partial charge in [-0.3, -0.25) is 0 Å². The molecule has 1 aromatic carbocycles. The minimum Gasteiger partial charge on any atom is -0.326 e. The third kappa shape index (κ3) is 1.62. The molecule has 0 unspecified atom stereocenters. The summed E-state index contributed by atoms with van der Waals surface area (Å²) in [7, 11) is 0. The van der Waals surface area contributed by atoms with Crippen LogP contribution < -0.4 is 4.90 Å². The molecule has 82 valence electrons. The molecule has 0 N–H and O–H groups in total. The first kappa shape index (κ1) is 9.79. The molecule has 0 saturated carbocycles. The number of rotatable bonds is 1. The Hall–Kier alpha value is -2.41. The number of nitriles is 1. The summed E-state index contributed by atoms with van der Waals surface area (Å²) < 4.78 is 0. The largest absolute Gasteiger partial charge is 0.326 e. The van der Waals surface area contributed by atoms with Gasteiger partial charge in [0.2, 0.25) is 0 Å². The van der Waals surface area contributed by atoms with Crippen molar-refractivity contribution < 1.29 is 0 Å². The van der Waals surface area contributed by atoms with Gasteiger partial charge in [-0.2, -0.15) is 5.26 Å². The Morgan fingerprint density at radius 1 is 1.24 bits per heavy atom. The smallest absolute Gasteiger partial charge is 0.139 e. The second-order valence-corrected chi connectivity index (χ2v) is 3.93. The minimum absolute atomic E-state index is 0.677. The number of nitrogens with zero attached hydrogens (tertiary/aromatic N) is 4. The molecule has 1 aliphatic heterocycles. The molecular weight excluding hydrogens is 212 g/mol. The molecule has 0 amide bonds. The summed E-state index contributed by atoms with van der Waals surface area (Å²) in [6, 6.07) is 9.68. The van der Waals surface area contributed by atoms with E-state index in [1.165, 1.54) is 5.56 Å². The molecule has 0 aliphatic carbocycles. The molecule has 0 spiro atoms. The molecule has 0 atom stereocenters. The lowest BCUT2D eigenvalue weighted by molar-refractivity contribution is 0.990. The van der Waals surface area contributed by atoms with E-state index in [2.05, 4.69) is 20.9 Å². The fourth-order valence-electron chi connectivity index (χ4n) is 2.08. The Bertz CT molecular complexity index is 583. The summed E-state index contributed by atoms with van der Waals surface area (Å²) in [5.74, 6) is 0.977. The molecule has 1 aliphatic rings. The number of hydrogen-bond acceptors (Lipinski definition) is 4. The zero-order valence-electron chi connectivity index (χ0n) is 9.17. The van der Waals surface area contributed by atoms with Gasteiger partial charge < -0.3 is 4.90 Å². The van der Waals surface area contributed by atoms with Crippen molar-refractivity contribution in [1.29, 1.82) is 5.26 Å². The van der Waals surface area contributed by atoms with E-state index in [4.69, 9.17) is 5.26 Å². The van der Waals surface area contributed by atoms with E-state index in [1.54, 1.807) is 6.33 Å². The molecule has 1 aromatic heterocycles. The average molecular weight is 222 g/mol. The van der Waals surface area contributed by atoms with Crippen LogP contribution in [0.3, 0.4) is 0 Å². The van der Waals surface area contributed by atoms with Crippen LogP contribution in [-0.2, 0) is 6.42 Å². The van der Waals surface area contributed by atoms with Gasteiger partial charge in [-0.05, 0) is 30.7 Å². The standard InChI is InChI=1S/C13H10N4/c14-7-10-1-3-12(4-2-10)17-6-5-11-8-15-9-16-13(11)17/h1-4,8-9H,5-6H2. The lowest BCUT2D eigenvalue weighted by atomic mass is 10.2. The predicted molar refractivity (Wildman–Crippen MR) is 63.9 cm³/mol. The molecule has 4 heteroatoms. The number of hydrogen-bond donors (Lipinski definition) is 0. The number of benzene rings is 1. The van der Waals surface area contributed by atoms with Crippen LogP contribution >= 0.6 is 0 Å². The first-order valence-electron chi connectivity index (χ1n) is 5.45. The van der Waals surface area contributed by atoms with E-state index < -0.39 is 0 Å². The highest BCUT2D eigenvalue weighted by atomic mass is 15.2. The fourth-order valence-corrected chi connectivity index (χ4v) is 2.08. The number of fused-ring (bicyclic) bond motifs is 1. The van der Waals surface area contributed by atoms with Crippen molar-refractivity contribution in [3.05, 3.63) is 47.9 Å². The lowest BCUT2D eigenvalue weighted by Crippen LogP contribution is -2.14. The summed E-state index contributed by atoms with van der Waals surface area (Å²) >= 11 is 0. The van der Waals surface area contributed by atoms with Crippen LogP contribution in [0.1, 0.15) is 11.1 Å². The van der Waals surface area contributed by atoms with E-state index >= 15 is 0 Å². The molecule has 2 aromatic rings. The summed E-state index contributed by atoms with van der Waals surface area (Å²) in [6.07, 6.45) is 4.41. The molecular formula is C13H10N4. The van der Waals surface area contributed by atoms with E-state index in [1.807, 2.05) is 30.5 Å². The van der Waals surface area contributed by atoms with Crippen LogP contribution in [0.25, 0.3) is 0 Å². The Morgan fingerprint density at radius 2 is 2.06 bits per heavy atom. The maximum Gasteiger partial charge on any atom is 0.139 e. The zero-order valence-corrected chi connectivity index (χ0v) is 9.17. The molecule has 17 heavy (non-hydrogen) atoms. The quantitative estimate of drug-likeness (QED) is 0.741. The minimum atomic E-state index is 0.677. The van der Waals surface area contributed by atoms with Gasteiger partial charge in [-0.1, -0.05) is 0 Å². The number of anilines is 2. The Kier molecular flexibility index (Phi) is 2.23. The van der Waals surface area contributed by atoms with Crippen LogP contribution in [0.4, 0.5) is 11.5 Å². The first-order chi connectivity index (χ1) is 8.38. The van der Waals surface area contributed by atoms with Gasteiger partial charge in [-0.15, -0.1) is 0 Å². The summed E-state index contributed by atoms with van der Waals surface area (Å²) in [4.78, 5) is 10.5. The maximum absolute atomic E-state index is 8.77. The van der Waals surface area contributed by atoms with Gasteiger partial charge in [0.05, 0.1) is 11.6 Å². The lowest BCUT2D eigenvalue weighted by Gasteiger charge is -2.17. The Balaban J connectivity index is 1.99. The average Bonchev–Trinajstić information content (AvgIpc) is 2.83.